The van der Waals surface area contributed by atoms with E-state index in [0.29, 0.717) is 12.0 Å². The van der Waals surface area contributed by atoms with Crippen molar-refractivity contribution in [1.82, 2.24) is 20.1 Å². The van der Waals surface area contributed by atoms with Gasteiger partial charge in [-0.05, 0) is 44.4 Å². The molecule has 1 aromatic heterocycles. The Kier molecular flexibility index (Phi) is 5.40. The van der Waals surface area contributed by atoms with Gasteiger partial charge in [0.05, 0.1) is 0 Å². The molecule has 1 aromatic carbocycles. The molecule has 3 rings (SSSR count). The maximum Gasteiger partial charge on any atom is 0.160 e. The van der Waals surface area contributed by atoms with Gasteiger partial charge in [0.2, 0.25) is 0 Å². The van der Waals surface area contributed by atoms with E-state index in [0.717, 1.165) is 44.7 Å². The summed E-state index contributed by atoms with van der Waals surface area (Å²) in [5, 5.41) is 7.65. The summed E-state index contributed by atoms with van der Waals surface area (Å²) in [4.78, 5) is 6.05. The zero-order valence-corrected chi connectivity index (χ0v) is 13.8. The quantitative estimate of drug-likeness (QED) is 0.844. The molecular formula is C17H23F2N5. The molecule has 24 heavy (non-hydrogen) atoms. The van der Waals surface area contributed by atoms with Crippen molar-refractivity contribution in [3.8, 4) is 0 Å². The fourth-order valence-electron chi connectivity index (χ4n) is 3.06. The van der Waals surface area contributed by atoms with Crippen LogP contribution in [0.5, 0.6) is 0 Å². The van der Waals surface area contributed by atoms with Crippen LogP contribution in [0, 0.1) is 17.6 Å². The topological polar surface area (TPSA) is 46.0 Å². The molecule has 1 aliphatic rings. The third kappa shape index (κ3) is 4.29. The van der Waals surface area contributed by atoms with Crippen molar-refractivity contribution in [2.24, 2.45) is 5.92 Å². The van der Waals surface area contributed by atoms with E-state index >= 15 is 0 Å². The van der Waals surface area contributed by atoms with Crippen molar-refractivity contribution in [1.29, 1.82) is 0 Å². The molecule has 2 aromatic rings. The third-order valence-corrected chi connectivity index (χ3v) is 4.57. The number of hydrogen-bond acceptors (Lipinski definition) is 4. The van der Waals surface area contributed by atoms with Gasteiger partial charge in [0, 0.05) is 37.4 Å². The van der Waals surface area contributed by atoms with E-state index < -0.39 is 11.6 Å². The van der Waals surface area contributed by atoms with Crippen molar-refractivity contribution in [2.45, 2.75) is 32.4 Å². The van der Waals surface area contributed by atoms with Crippen LogP contribution in [0.15, 0.2) is 30.9 Å². The third-order valence-electron chi connectivity index (χ3n) is 4.57. The summed E-state index contributed by atoms with van der Waals surface area (Å²) in [6.45, 7) is 5.69. The van der Waals surface area contributed by atoms with Crippen LogP contribution < -0.4 is 10.2 Å². The van der Waals surface area contributed by atoms with Gasteiger partial charge in [-0.3, -0.25) is 4.68 Å². The smallest absolute Gasteiger partial charge is 0.160 e. The van der Waals surface area contributed by atoms with Gasteiger partial charge < -0.3 is 10.2 Å². The molecule has 0 amide bonds. The predicted octanol–water partition coefficient (Wildman–Crippen LogP) is 2.45. The average Bonchev–Trinajstić information content (AvgIpc) is 3.25. The number of aromatic nitrogens is 3. The minimum absolute atomic E-state index is 0.395. The lowest BCUT2D eigenvalue weighted by Gasteiger charge is -2.20. The molecule has 2 heterocycles. The number of benzene rings is 1. The second-order valence-electron chi connectivity index (χ2n) is 6.46. The van der Waals surface area contributed by atoms with Crippen LogP contribution in [0.4, 0.5) is 14.5 Å². The van der Waals surface area contributed by atoms with E-state index in [1.807, 2.05) is 4.68 Å². The first-order valence-corrected chi connectivity index (χ1v) is 8.37. The van der Waals surface area contributed by atoms with Crippen LogP contribution in [0.1, 0.15) is 19.8 Å². The van der Waals surface area contributed by atoms with Gasteiger partial charge in [-0.2, -0.15) is 5.10 Å². The molecule has 5 nitrogen and oxygen atoms in total. The summed E-state index contributed by atoms with van der Waals surface area (Å²) >= 11 is 0. The average molecular weight is 335 g/mol. The van der Waals surface area contributed by atoms with Crippen molar-refractivity contribution in [3.63, 3.8) is 0 Å². The minimum atomic E-state index is -0.794. The van der Waals surface area contributed by atoms with Crippen LogP contribution in [-0.4, -0.2) is 40.4 Å². The molecule has 0 unspecified atom stereocenters. The zero-order chi connectivity index (χ0) is 16.9. The number of rotatable bonds is 7. The molecule has 0 spiro atoms. The van der Waals surface area contributed by atoms with Crippen LogP contribution in [0.3, 0.4) is 0 Å². The lowest BCUT2D eigenvalue weighted by atomic mass is 10.1. The highest BCUT2D eigenvalue weighted by Crippen LogP contribution is 2.25. The summed E-state index contributed by atoms with van der Waals surface area (Å²) in [6, 6.07) is 4.52. The summed E-state index contributed by atoms with van der Waals surface area (Å²) in [6.07, 6.45) is 5.32. The molecule has 1 saturated heterocycles. The summed E-state index contributed by atoms with van der Waals surface area (Å²) < 4.78 is 28.2. The van der Waals surface area contributed by atoms with Gasteiger partial charge in [-0.1, -0.05) is 0 Å². The molecule has 0 radical (unpaired) electrons. The van der Waals surface area contributed by atoms with E-state index in [-0.39, 0.29) is 0 Å². The maximum absolute atomic E-state index is 13.4. The number of nitrogens with one attached hydrogen (secondary N) is 1. The first-order valence-electron chi connectivity index (χ1n) is 8.37. The summed E-state index contributed by atoms with van der Waals surface area (Å²) in [5.74, 6) is -1.06. The summed E-state index contributed by atoms with van der Waals surface area (Å²) in [5.41, 5.74) is 0.760. The Labute approximate surface area is 140 Å². The lowest BCUT2D eigenvalue weighted by molar-refractivity contribution is 0.420. The Morgan fingerprint density at radius 3 is 2.96 bits per heavy atom. The molecule has 0 bridgehead atoms. The maximum atomic E-state index is 13.4. The number of aryl methyl sites for hydroxylation is 1. The van der Waals surface area contributed by atoms with E-state index in [2.05, 4.69) is 27.2 Å². The van der Waals surface area contributed by atoms with E-state index in [9.17, 15) is 8.78 Å². The monoisotopic (exact) mass is 335 g/mol. The molecular weight excluding hydrogens is 312 g/mol. The SMILES string of the molecule is C[C@H](CCn1cncn1)NC[C@H]1CCN(c2ccc(F)c(F)c2)C1. The Morgan fingerprint density at radius 1 is 1.33 bits per heavy atom. The van der Waals surface area contributed by atoms with Gasteiger partial charge in [0.15, 0.2) is 11.6 Å². The molecule has 1 aliphatic heterocycles. The van der Waals surface area contributed by atoms with E-state index in [4.69, 9.17) is 0 Å². The zero-order valence-electron chi connectivity index (χ0n) is 13.8. The number of anilines is 1. The van der Waals surface area contributed by atoms with Crippen molar-refractivity contribution >= 4 is 5.69 Å². The number of hydrogen-bond donors (Lipinski definition) is 1. The first kappa shape index (κ1) is 16.8. The first-order chi connectivity index (χ1) is 11.6. The van der Waals surface area contributed by atoms with Gasteiger partial charge in [0.1, 0.15) is 12.7 Å². The molecule has 0 saturated carbocycles. The lowest BCUT2D eigenvalue weighted by Crippen LogP contribution is -2.33. The van der Waals surface area contributed by atoms with E-state index in [1.165, 1.54) is 12.1 Å². The highest BCUT2D eigenvalue weighted by Gasteiger charge is 2.23. The number of nitrogens with zero attached hydrogens (tertiary/aromatic N) is 4. The van der Waals surface area contributed by atoms with Crippen LogP contribution >= 0.6 is 0 Å². The Bertz CT molecular complexity index is 646. The van der Waals surface area contributed by atoms with Gasteiger partial charge >= 0.3 is 0 Å². The molecule has 0 aliphatic carbocycles. The Morgan fingerprint density at radius 2 is 2.21 bits per heavy atom. The molecule has 7 heteroatoms. The fraction of sp³-hybridized carbons (Fsp3) is 0.529. The molecule has 2 atom stereocenters. The molecule has 130 valence electrons. The van der Waals surface area contributed by atoms with Crippen LogP contribution in [0.25, 0.3) is 0 Å². The van der Waals surface area contributed by atoms with Crippen LogP contribution in [-0.2, 0) is 6.54 Å². The fourth-order valence-corrected chi connectivity index (χ4v) is 3.06. The highest BCUT2D eigenvalue weighted by molar-refractivity contribution is 5.47. The van der Waals surface area contributed by atoms with Gasteiger partial charge in [0.25, 0.3) is 0 Å². The van der Waals surface area contributed by atoms with Gasteiger partial charge in [-0.15, -0.1) is 0 Å². The number of halogens is 2. The Hall–Kier alpha value is -2.02. The highest BCUT2D eigenvalue weighted by atomic mass is 19.2. The molecule has 1 fully saturated rings. The second kappa shape index (κ2) is 7.70. The van der Waals surface area contributed by atoms with Crippen molar-refractivity contribution < 1.29 is 8.78 Å². The van der Waals surface area contributed by atoms with E-state index in [1.54, 1.807) is 18.7 Å². The normalized spacial score (nSPS) is 19.0. The Balaban J connectivity index is 1.41. The minimum Gasteiger partial charge on any atom is -0.371 e. The van der Waals surface area contributed by atoms with Crippen molar-refractivity contribution in [3.05, 3.63) is 42.5 Å². The predicted molar refractivity (Wildman–Crippen MR) is 88.8 cm³/mol. The molecule has 1 N–H and O–H groups in total. The summed E-state index contributed by atoms with van der Waals surface area (Å²) in [7, 11) is 0. The standard InChI is InChI=1S/C17H23F2N5/c1-13(4-7-24-12-20-11-22-24)21-9-14-5-6-23(10-14)15-2-3-16(18)17(19)8-15/h2-3,8,11-14,21H,4-7,9-10H2,1H3/t13-,14-/m1/s1. The largest absolute Gasteiger partial charge is 0.371 e. The van der Waals surface area contributed by atoms with Gasteiger partial charge in [-0.25, -0.2) is 13.8 Å². The van der Waals surface area contributed by atoms with Crippen LogP contribution in [0.2, 0.25) is 0 Å². The van der Waals surface area contributed by atoms with Crippen molar-refractivity contribution in [2.75, 3.05) is 24.5 Å². The second-order valence-corrected chi connectivity index (χ2v) is 6.46.